The first kappa shape index (κ1) is 12.0. The molecule has 1 heterocycles. The SMILES string of the molecule is C=CC(=O)N1CCC(OC(C)I)CC1. The summed E-state index contributed by atoms with van der Waals surface area (Å²) >= 11 is 2.25. The Labute approximate surface area is 98.6 Å². The van der Waals surface area contributed by atoms with E-state index in [1.165, 1.54) is 6.08 Å². The van der Waals surface area contributed by atoms with Gasteiger partial charge in [0.25, 0.3) is 0 Å². The van der Waals surface area contributed by atoms with Gasteiger partial charge in [-0.2, -0.15) is 0 Å². The van der Waals surface area contributed by atoms with E-state index in [2.05, 4.69) is 29.2 Å². The maximum atomic E-state index is 11.3. The van der Waals surface area contributed by atoms with E-state index in [9.17, 15) is 4.79 Å². The lowest BCUT2D eigenvalue weighted by Crippen LogP contribution is -2.40. The van der Waals surface area contributed by atoms with Crippen LogP contribution in [0.15, 0.2) is 12.7 Å². The third-order valence-electron chi connectivity index (χ3n) is 2.31. The van der Waals surface area contributed by atoms with Crippen molar-refractivity contribution in [3.8, 4) is 0 Å². The van der Waals surface area contributed by atoms with E-state index in [1.54, 1.807) is 0 Å². The summed E-state index contributed by atoms with van der Waals surface area (Å²) < 4.78 is 5.93. The molecular formula is C10H16INO2. The minimum absolute atomic E-state index is 0.0333. The molecule has 1 saturated heterocycles. The third kappa shape index (κ3) is 3.57. The average Bonchev–Trinajstić information content (AvgIpc) is 2.17. The zero-order valence-electron chi connectivity index (χ0n) is 8.41. The lowest BCUT2D eigenvalue weighted by molar-refractivity contribution is -0.128. The lowest BCUT2D eigenvalue weighted by atomic mass is 10.1. The van der Waals surface area contributed by atoms with Gasteiger partial charge in [-0.25, -0.2) is 0 Å². The zero-order chi connectivity index (χ0) is 10.6. The van der Waals surface area contributed by atoms with E-state index in [-0.39, 0.29) is 10.0 Å². The Hall–Kier alpha value is -0.100. The van der Waals surface area contributed by atoms with Gasteiger partial charge in [0.2, 0.25) is 5.91 Å². The molecule has 1 unspecified atom stereocenters. The van der Waals surface area contributed by atoms with Crippen molar-refractivity contribution >= 4 is 28.5 Å². The fraction of sp³-hybridized carbons (Fsp3) is 0.700. The highest BCUT2D eigenvalue weighted by Crippen LogP contribution is 2.17. The topological polar surface area (TPSA) is 29.5 Å². The minimum Gasteiger partial charge on any atom is -0.365 e. The van der Waals surface area contributed by atoms with Crippen LogP contribution in [0.1, 0.15) is 19.8 Å². The molecule has 0 radical (unpaired) electrons. The van der Waals surface area contributed by atoms with Gasteiger partial charge in [-0.05, 0) is 25.8 Å². The first-order valence-corrected chi connectivity index (χ1v) is 6.09. The van der Waals surface area contributed by atoms with E-state index in [4.69, 9.17) is 4.74 Å². The molecule has 1 atom stereocenters. The van der Waals surface area contributed by atoms with Crippen LogP contribution in [0.25, 0.3) is 0 Å². The Balaban J connectivity index is 2.31. The summed E-state index contributed by atoms with van der Waals surface area (Å²) in [4.78, 5) is 13.1. The fourth-order valence-electron chi connectivity index (χ4n) is 1.61. The van der Waals surface area contributed by atoms with Crippen molar-refractivity contribution in [3.05, 3.63) is 12.7 Å². The Bertz CT molecular complexity index is 210. The standard InChI is InChI=1S/C10H16INO2/c1-3-10(13)12-6-4-9(5-7-12)14-8(2)11/h3,8-9H,1,4-7H2,2H3. The van der Waals surface area contributed by atoms with Gasteiger partial charge in [-0.1, -0.05) is 29.2 Å². The molecule has 0 spiro atoms. The Morgan fingerprint density at radius 3 is 2.64 bits per heavy atom. The van der Waals surface area contributed by atoms with Gasteiger partial charge in [0, 0.05) is 13.1 Å². The second-order valence-electron chi connectivity index (χ2n) is 3.41. The van der Waals surface area contributed by atoms with Gasteiger partial charge >= 0.3 is 0 Å². The number of nitrogens with zero attached hydrogens (tertiary/aromatic N) is 1. The molecule has 1 amide bonds. The van der Waals surface area contributed by atoms with Gasteiger partial charge in [0.15, 0.2) is 0 Å². The number of hydrogen-bond acceptors (Lipinski definition) is 2. The maximum Gasteiger partial charge on any atom is 0.245 e. The highest BCUT2D eigenvalue weighted by Gasteiger charge is 2.22. The molecule has 0 aliphatic carbocycles. The lowest BCUT2D eigenvalue weighted by Gasteiger charge is -2.31. The van der Waals surface area contributed by atoms with Crippen molar-refractivity contribution < 1.29 is 9.53 Å². The largest absolute Gasteiger partial charge is 0.365 e. The van der Waals surface area contributed by atoms with Crippen LogP contribution < -0.4 is 0 Å². The smallest absolute Gasteiger partial charge is 0.245 e. The number of likely N-dealkylation sites (tertiary alicyclic amines) is 1. The number of piperidine rings is 1. The number of ether oxygens (including phenoxy) is 1. The van der Waals surface area contributed by atoms with E-state index < -0.39 is 0 Å². The maximum absolute atomic E-state index is 11.3. The van der Waals surface area contributed by atoms with Crippen LogP contribution in [0.3, 0.4) is 0 Å². The Morgan fingerprint density at radius 2 is 2.21 bits per heavy atom. The summed E-state index contributed by atoms with van der Waals surface area (Å²) in [6.45, 7) is 7.09. The summed E-state index contributed by atoms with van der Waals surface area (Å²) in [6, 6.07) is 0. The molecule has 0 aromatic rings. The molecule has 3 nitrogen and oxygen atoms in total. The van der Waals surface area contributed by atoms with Crippen molar-refractivity contribution in [1.82, 2.24) is 4.90 Å². The molecule has 0 aromatic carbocycles. The molecule has 0 N–H and O–H groups in total. The molecule has 1 aliphatic rings. The molecule has 0 aromatic heterocycles. The molecule has 1 aliphatic heterocycles. The van der Waals surface area contributed by atoms with Crippen molar-refractivity contribution in [2.75, 3.05) is 13.1 Å². The third-order valence-corrected chi connectivity index (χ3v) is 2.60. The zero-order valence-corrected chi connectivity index (χ0v) is 10.6. The normalized spacial score (nSPS) is 20.6. The molecular weight excluding hydrogens is 293 g/mol. The fourth-order valence-corrected chi connectivity index (χ4v) is 2.02. The van der Waals surface area contributed by atoms with Gasteiger partial charge < -0.3 is 9.64 Å². The highest BCUT2D eigenvalue weighted by molar-refractivity contribution is 14.1. The van der Waals surface area contributed by atoms with Crippen LogP contribution in [0, 0.1) is 0 Å². The molecule has 0 bridgehead atoms. The number of halogens is 1. The van der Waals surface area contributed by atoms with Crippen LogP contribution in [0.5, 0.6) is 0 Å². The second-order valence-corrected chi connectivity index (χ2v) is 5.16. The summed E-state index contributed by atoms with van der Waals surface area (Å²) in [5.74, 6) is 0.0333. The van der Waals surface area contributed by atoms with E-state index in [1.807, 2.05) is 11.8 Å². The van der Waals surface area contributed by atoms with E-state index >= 15 is 0 Å². The van der Waals surface area contributed by atoms with Gasteiger partial charge in [0.05, 0.1) is 6.10 Å². The number of alkyl halides is 1. The van der Waals surface area contributed by atoms with Crippen LogP contribution in [0.2, 0.25) is 0 Å². The first-order chi connectivity index (χ1) is 6.63. The molecule has 1 rings (SSSR count). The predicted octanol–water partition coefficient (Wildman–Crippen LogP) is 1.96. The highest BCUT2D eigenvalue weighted by atomic mass is 127. The molecule has 0 saturated carbocycles. The molecule has 1 fully saturated rings. The van der Waals surface area contributed by atoms with Gasteiger partial charge in [-0.3, -0.25) is 4.79 Å². The number of amides is 1. The van der Waals surface area contributed by atoms with Crippen LogP contribution in [-0.4, -0.2) is 34.1 Å². The van der Waals surface area contributed by atoms with Crippen LogP contribution >= 0.6 is 22.6 Å². The molecule has 14 heavy (non-hydrogen) atoms. The van der Waals surface area contributed by atoms with Gasteiger partial charge in [-0.15, -0.1) is 0 Å². The average molecular weight is 309 g/mol. The number of carbonyl (C=O) groups excluding carboxylic acids is 1. The van der Waals surface area contributed by atoms with Crippen molar-refractivity contribution in [2.45, 2.75) is 30.0 Å². The number of carbonyl (C=O) groups is 1. The quantitative estimate of drug-likeness (QED) is 0.453. The monoisotopic (exact) mass is 309 g/mol. The van der Waals surface area contributed by atoms with Gasteiger partial charge in [0.1, 0.15) is 4.11 Å². The molecule has 80 valence electrons. The van der Waals surface area contributed by atoms with Crippen LogP contribution in [-0.2, 0) is 9.53 Å². The van der Waals surface area contributed by atoms with Crippen molar-refractivity contribution in [2.24, 2.45) is 0 Å². The van der Waals surface area contributed by atoms with E-state index in [0.29, 0.717) is 6.10 Å². The summed E-state index contributed by atoms with van der Waals surface area (Å²) in [5.41, 5.74) is 0. The first-order valence-electron chi connectivity index (χ1n) is 4.84. The van der Waals surface area contributed by atoms with E-state index in [0.717, 1.165) is 25.9 Å². The predicted molar refractivity (Wildman–Crippen MR) is 64.4 cm³/mol. The minimum atomic E-state index is 0.0333. The Kier molecular flexibility index (Phi) is 4.88. The summed E-state index contributed by atoms with van der Waals surface area (Å²) in [6.07, 6.45) is 3.57. The number of rotatable bonds is 3. The van der Waals surface area contributed by atoms with Crippen molar-refractivity contribution in [1.29, 1.82) is 0 Å². The van der Waals surface area contributed by atoms with Crippen LogP contribution in [0.4, 0.5) is 0 Å². The second kappa shape index (κ2) is 5.70. The summed E-state index contributed by atoms with van der Waals surface area (Å²) in [7, 11) is 0. The Morgan fingerprint density at radius 1 is 1.64 bits per heavy atom. The summed E-state index contributed by atoms with van der Waals surface area (Å²) in [5, 5.41) is 0. The van der Waals surface area contributed by atoms with Crippen molar-refractivity contribution in [3.63, 3.8) is 0 Å². The molecule has 4 heteroatoms. The number of hydrogen-bond donors (Lipinski definition) is 0.